The van der Waals surface area contributed by atoms with Crippen molar-refractivity contribution in [1.82, 2.24) is 4.90 Å². The van der Waals surface area contributed by atoms with E-state index < -0.39 is 11.4 Å². The number of allylic oxidation sites excluding steroid dienone is 1. The van der Waals surface area contributed by atoms with Crippen LogP contribution in [0.1, 0.15) is 30.4 Å². The normalized spacial score (nSPS) is 23.2. The van der Waals surface area contributed by atoms with Gasteiger partial charge in [-0.25, -0.2) is 0 Å². The summed E-state index contributed by atoms with van der Waals surface area (Å²) in [4.78, 5) is 27.7. The number of carbonyl (C=O) groups excluding carboxylic acids is 2. The third-order valence-electron chi connectivity index (χ3n) is 5.88. The van der Waals surface area contributed by atoms with Gasteiger partial charge in [0.2, 0.25) is 5.91 Å². The minimum absolute atomic E-state index is 0.0708. The van der Waals surface area contributed by atoms with Gasteiger partial charge in [0.1, 0.15) is 0 Å². The van der Waals surface area contributed by atoms with E-state index in [2.05, 4.69) is 30.3 Å². The largest absolute Gasteiger partial charge is 0.468 e. The third kappa shape index (κ3) is 3.24. The quantitative estimate of drug-likeness (QED) is 0.588. The van der Waals surface area contributed by atoms with Crippen LogP contribution in [-0.2, 0) is 14.3 Å². The van der Waals surface area contributed by atoms with Gasteiger partial charge in [-0.05, 0) is 36.0 Å². The summed E-state index contributed by atoms with van der Waals surface area (Å²) in [5, 5.41) is 0. The molecule has 4 nitrogen and oxygen atoms in total. The van der Waals surface area contributed by atoms with Gasteiger partial charge in [-0.3, -0.25) is 9.59 Å². The number of nitrogens with zero attached hydrogens (tertiary/aromatic N) is 1. The monoisotopic (exact) mass is 375 g/mol. The van der Waals surface area contributed by atoms with Crippen molar-refractivity contribution < 1.29 is 14.3 Å². The maximum absolute atomic E-state index is 13.2. The van der Waals surface area contributed by atoms with E-state index in [1.165, 1.54) is 7.11 Å². The van der Waals surface area contributed by atoms with Crippen LogP contribution in [-0.4, -0.2) is 37.0 Å². The Labute approximate surface area is 165 Å². The molecular weight excluding hydrogens is 350 g/mol. The Morgan fingerprint density at radius 3 is 2.00 bits per heavy atom. The molecule has 0 spiro atoms. The molecule has 0 bridgehead atoms. The highest BCUT2D eigenvalue weighted by atomic mass is 16.5. The second kappa shape index (κ2) is 7.63. The standard InChI is InChI=1S/C24H25NO3/c1-28-23(27)24(22(26)25-14-8-9-15-25)17-20(24)16-21(18-10-4-2-5-11-18)19-12-6-3-7-13-19/h2-7,10-13,16,20H,8-9,14-15,17H2,1H3/t20-,24+/m0/s1. The zero-order valence-corrected chi connectivity index (χ0v) is 16.1. The predicted molar refractivity (Wildman–Crippen MR) is 108 cm³/mol. The van der Waals surface area contributed by atoms with E-state index in [9.17, 15) is 9.59 Å². The molecule has 1 aliphatic heterocycles. The molecule has 28 heavy (non-hydrogen) atoms. The van der Waals surface area contributed by atoms with E-state index in [1.807, 2.05) is 41.3 Å². The molecule has 0 radical (unpaired) electrons. The van der Waals surface area contributed by atoms with Crippen molar-refractivity contribution in [3.63, 3.8) is 0 Å². The van der Waals surface area contributed by atoms with E-state index in [4.69, 9.17) is 4.74 Å². The van der Waals surface area contributed by atoms with Crippen LogP contribution in [0.15, 0.2) is 66.7 Å². The lowest BCUT2D eigenvalue weighted by Crippen LogP contribution is -2.41. The molecule has 2 aromatic carbocycles. The molecule has 2 fully saturated rings. The Morgan fingerprint density at radius 2 is 1.50 bits per heavy atom. The molecule has 1 aliphatic carbocycles. The summed E-state index contributed by atoms with van der Waals surface area (Å²) >= 11 is 0. The molecule has 0 aromatic heterocycles. The summed E-state index contributed by atoms with van der Waals surface area (Å²) in [6, 6.07) is 20.2. The number of likely N-dealkylation sites (tertiary alicyclic amines) is 1. The van der Waals surface area contributed by atoms with E-state index in [0.29, 0.717) is 6.42 Å². The summed E-state index contributed by atoms with van der Waals surface area (Å²) in [6.07, 6.45) is 4.61. The molecule has 0 unspecified atom stereocenters. The number of carbonyl (C=O) groups is 2. The fourth-order valence-corrected chi connectivity index (χ4v) is 4.24. The van der Waals surface area contributed by atoms with Crippen molar-refractivity contribution in [1.29, 1.82) is 0 Å². The molecule has 1 saturated heterocycles. The average molecular weight is 375 g/mol. The third-order valence-corrected chi connectivity index (χ3v) is 5.88. The summed E-state index contributed by atoms with van der Waals surface area (Å²) in [5.74, 6) is -0.631. The minimum atomic E-state index is -1.06. The Hall–Kier alpha value is -2.88. The van der Waals surface area contributed by atoms with Crippen LogP contribution in [0.25, 0.3) is 5.57 Å². The fourth-order valence-electron chi connectivity index (χ4n) is 4.24. The molecule has 1 heterocycles. The zero-order chi connectivity index (χ0) is 19.6. The van der Waals surface area contributed by atoms with Crippen molar-refractivity contribution in [2.45, 2.75) is 19.3 Å². The van der Waals surface area contributed by atoms with Crippen LogP contribution in [0.2, 0.25) is 0 Å². The van der Waals surface area contributed by atoms with Gasteiger partial charge in [0.25, 0.3) is 0 Å². The minimum Gasteiger partial charge on any atom is -0.468 e. The number of hydrogen-bond donors (Lipinski definition) is 0. The zero-order valence-electron chi connectivity index (χ0n) is 16.1. The summed E-state index contributed by atoms with van der Waals surface area (Å²) in [5.41, 5.74) is 2.14. The van der Waals surface area contributed by atoms with Gasteiger partial charge in [-0.1, -0.05) is 66.7 Å². The Bertz CT molecular complexity index is 843. The molecular formula is C24H25NO3. The van der Waals surface area contributed by atoms with E-state index >= 15 is 0 Å². The van der Waals surface area contributed by atoms with Crippen LogP contribution in [0.3, 0.4) is 0 Å². The Morgan fingerprint density at radius 1 is 0.964 bits per heavy atom. The average Bonchev–Trinajstić information content (AvgIpc) is 3.21. The second-order valence-corrected chi connectivity index (χ2v) is 7.59. The molecule has 2 atom stereocenters. The van der Waals surface area contributed by atoms with E-state index in [-0.39, 0.29) is 11.8 Å². The molecule has 1 amide bonds. The summed E-state index contributed by atoms with van der Waals surface area (Å²) < 4.78 is 5.07. The second-order valence-electron chi connectivity index (χ2n) is 7.59. The Balaban J connectivity index is 1.72. The molecule has 144 valence electrons. The van der Waals surface area contributed by atoms with Crippen molar-refractivity contribution in [2.24, 2.45) is 11.3 Å². The first kappa shape index (κ1) is 18.5. The van der Waals surface area contributed by atoms with Crippen molar-refractivity contribution >= 4 is 17.4 Å². The molecule has 4 rings (SSSR count). The van der Waals surface area contributed by atoms with Gasteiger partial charge < -0.3 is 9.64 Å². The fraction of sp³-hybridized carbons (Fsp3) is 0.333. The summed E-state index contributed by atoms with van der Waals surface area (Å²) in [6.45, 7) is 1.47. The number of ether oxygens (including phenoxy) is 1. The SMILES string of the molecule is COC(=O)[C@]1(C(=O)N2CCCC2)C[C@@H]1C=C(c1ccccc1)c1ccccc1. The topological polar surface area (TPSA) is 46.6 Å². The first-order chi connectivity index (χ1) is 13.7. The van der Waals surface area contributed by atoms with Crippen LogP contribution < -0.4 is 0 Å². The van der Waals surface area contributed by atoms with Crippen LogP contribution in [0.4, 0.5) is 0 Å². The van der Waals surface area contributed by atoms with Crippen LogP contribution in [0.5, 0.6) is 0 Å². The number of amides is 1. The lowest BCUT2D eigenvalue weighted by Gasteiger charge is -2.22. The van der Waals surface area contributed by atoms with Gasteiger partial charge in [-0.15, -0.1) is 0 Å². The number of methoxy groups -OCH3 is 1. The lowest BCUT2D eigenvalue weighted by molar-refractivity contribution is -0.156. The number of esters is 1. The number of rotatable bonds is 5. The first-order valence-electron chi connectivity index (χ1n) is 9.87. The maximum Gasteiger partial charge on any atom is 0.322 e. The van der Waals surface area contributed by atoms with Crippen LogP contribution >= 0.6 is 0 Å². The van der Waals surface area contributed by atoms with Gasteiger partial charge in [-0.2, -0.15) is 0 Å². The molecule has 2 aliphatic rings. The Kier molecular flexibility index (Phi) is 5.03. The van der Waals surface area contributed by atoms with Gasteiger partial charge >= 0.3 is 5.97 Å². The van der Waals surface area contributed by atoms with E-state index in [1.54, 1.807) is 0 Å². The first-order valence-corrected chi connectivity index (χ1v) is 9.87. The molecule has 2 aromatic rings. The predicted octanol–water partition coefficient (Wildman–Crippen LogP) is 3.92. The van der Waals surface area contributed by atoms with E-state index in [0.717, 1.165) is 42.6 Å². The number of hydrogen-bond acceptors (Lipinski definition) is 3. The highest BCUT2D eigenvalue weighted by molar-refractivity contribution is 6.07. The maximum atomic E-state index is 13.2. The highest BCUT2D eigenvalue weighted by Gasteiger charge is 2.67. The molecule has 4 heteroatoms. The van der Waals surface area contributed by atoms with Crippen molar-refractivity contribution in [3.8, 4) is 0 Å². The van der Waals surface area contributed by atoms with Gasteiger partial charge in [0.15, 0.2) is 5.41 Å². The molecule has 0 N–H and O–H groups in total. The van der Waals surface area contributed by atoms with Crippen molar-refractivity contribution in [3.05, 3.63) is 77.9 Å². The number of benzene rings is 2. The van der Waals surface area contributed by atoms with Gasteiger partial charge in [0.05, 0.1) is 7.11 Å². The van der Waals surface area contributed by atoms with Gasteiger partial charge in [0, 0.05) is 19.0 Å². The smallest absolute Gasteiger partial charge is 0.322 e. The van der Waals surface area contributed by atoms with Crippen LogP contribution in [0, 0.1) is 11.3 Å². The lowest BCUT2D eigenvalue weighted by atomic mass is 9.94. The van der Waals surface area contributed by atoms with Crippen molar-refractivity contribution in [2.75, 3.05) is 20.2 Å². The molecule has 1 saturated carbocycles. The summed E-state index contributed by atoms with van der Waals surface area (Å²) in [7, 11) is 1.37. The highest BCUT2D eigenvalue weighted by Crippen LogP contribution is 2.57.